The largest absolute Gasteiger partial charge is 0.423 e. The minimum Gasteiger partial charge on any atom is -0.423 e. The highest BCUT2D eigenvalue weighted by Gasteiger charge is 2.24. The number of rotatable bonds is 7. The molecule has 2 aromatic carbocycles. The fourth-order valence-electron chi connectivity index (χ4n) is 2.97. The van der Waals surface area contributed by atoms with Gasteiger partial charge in [0.2, 0.25) is 5.90 Å². The van der Waals surface area contributed by atoms with Gasteiger partial charge in [0.1, 0.15) is 0 Å². The fraction of sp³-hybridized carbons (Fsp3) is 0.250. The first-order chi connectivity index (χ1) is 14.9. The molecule has 3 rings (SSSR count). The summed E-state index contributed by atoms with van der Waals surface area (Å²) in [6, 6.07) is 12.3. The lowest BCUT2D eigenvalue weighted by molar-refractivity contribution is -0.134. The van der Waals surface area contributed by atoms with Crippen LogP contribution in [0.5, 0.6) is 11.5 Å². The molecule has 0 saturated heterocycles. The van der Waals surface area contributed by atoms with Crippen molar-refractivity contribution in [2.24, 2.45) is 4.99 Å². The van der Waals surface area contributed by atoms with Crippen LogP contribution < -0.4 is 9.47 Å². The van der Waals surface area contributed by atoms with Crippen LogP contribution in [0, 0.1) is 0 Å². The van der Waals surface area contributed by atoms with Crippen LogP contribution in [0.1, 0.15) is 50.3 Å². The van der Waals surface area contributed by atoms with Gasteiger partial charge in [0, 0.05) is 19.4 Å². The Morgan fingerprint density at radius 2 is 1.68 bits per heavy atom. The van der Waals surface area contributed by atoms with Gasteiger partial charge in [-0.2, -0.15) is 0 Å². The molecule has 0 N–H and O–H groups in total. The number of aliphatic imine (C=N–C) groups is 1. The van der Waals surface area contributed by atoms with E-state index in [4.69, 9.17) is 14.2 Å². The second kappa shape index (κ2) is 9.84. The molecule has 0 atom stereocenters. The number of ether oxygens (including phenoxy) is 3. The van der Waals surface area contributed by atoms with E-state index < -0.39 is 17.9 Å². The molecule has 0 fully saturated rings. The van der Waals surface area contributed by atoms with Crippen molar-refractivity contribution in [3.05, 3.63) is 64.9 Å². The quantitative estimate of drug-likeness (QED) is 0.378. The maximum atomic E-state index is 12.3. The zero-order chi connectivity index (χ0) is 22.4. The highest BCUT2D eigenvalue weighted by atomic mass is 16.6. The number of hydrogen-bond donors (Lipinski definition) is 0. The number of benzene rings is 2. The van der Waals surface area contributed by atoms with E-state index in [1.54, 1.807) is 6.07 Å². The zero-order valence-corrected chi connectivity index (χ0v) is 17.6. The summed E-state index contributed by atoms with van der Waals surface area (Å²) in [4.78, 5) is 39.2. The van der Waals surface area contributed by atoms with Gasteiger partial charge in [-0.3, -0.25) is 9.59 Å². The summed E-state index contributed by atoms with van der Waals surface area (Å²) in [7, 11) is 0. The van der Waals surface area contributed by atoms with E-state index in [0.29, 0.717) is 11.1 Å². The zero-order valence-electron chi connectivity index (χ0n) is 17.6. The Morgan fingerprint density at radius 1 is 1.00 bits per heavy atom. The van der Waals surface area contributed by atoms with Gasteiger partial charge in [-0.15, -0.1) is 0 Å². The van der Waals surface area contributed by atoms with Crippen LogP contribution in [0.4, 0.5) is 0 Å². The van der Waals surface area contributed by atoms with Gasteiger partial charge in [-0.25, -0.2) is 9.79 Å². The molecule has 0 amide bonds. The number of esters is 3. The second-order valence-electron chi connectivity index (χ2n) is 7.03. The molecule has 0 saturated carbocycles. The molecule has 31 heavy (non-hydrogen) atoms. The van der Waals surface area contributed by atoms with Crippen LogP contribution in [0.2, 0.25) is 0 Å². The predicted octanol–water partition coefficient (Wildman–Crippen LogP) is 4.22. The molecule has 0 aromatic heterocycles. The molecule has 1 aliphatic rings. The average Bonchev–Trinajstić information content (AvgIpc) is 3.08. The molecule has 7 nitrogen and oxygen atoms in total. The topological polar surface area (TPSA) is 91.3 Å². The molecule has 0 bridgehead atoms. The van der Waals surface area contributed by atoms with E-state index in [0.717, 1.165) is 19.3 Å². The highest BCUT2D eigenvalue weighted by Crippen LogP contribution is 2.30. The molecule has 0 unspecified atom stereocenters. The lowest BCUT2D eigenvalue weighted by Crippen LogP contribution is -2.07. The number of hydrogen-bond acceptors (Lipinski definition) is 7. The first-order valence-electron chi connectivity index (χ1n) is 9.98. The Labute approximate surface area is 180 Å². The number of nitrogens with zero attached hydrogens (tertiary/aromatic N) is 1. The van der Waals surface area contributed by atoms with Crippen molar-refractivity contribution < 1.29 is 28.6 Å². The van der Waals surface area contributed by atoms with Crippen molar-refractivity contribution in [2.75, 3.05) is 0 Å². The number of carbonyl (C=O) groups is 3. The molecule has 1 heterocycles. The van der Waals surface area contributed by atoms with Gasteiger partial charge in [0.05, 0.1) is 0 Å². The van der Waals surface area contributed by atoms with Gasteiger partial charge >= 0.3 is 17.9 Å². The van der Waals surface area contributed by atoms with Crippen molar-refractivity contribution in [3.63, 3.8) is 0 Å². The van der Waals surface area contributed by atoms with Crippen LogP contribution in [0.25, 0.3) is 6.08 Å². The maximum absolute atomic E-state index is 12.3. The lowest BCUT2D eigenvalue weighted by atomic mass is 10.1. The molecular weight excluding hydrogens is 398 g/mol. The maximum Gasteiger partial charge on any atom is 0.363 e. The Morgan fingerprint density at radius 3 is 2.32 bits per heavy atom. The number of carbonyl (C=O) groups excluding carboxylic acids is 3. The van der Waals surface area contributed by atoms with E-state index >= 15 is 0 Å². The third kappa shape index (κ3) is 5.88. The number of unbranched alkanes of at least 4 members (excludes halogenated alkanes) is 1. The SMILES string of the molecule is CCCCc1ccc(C2=NC(=Cc3ccc(OC(C)=O)c(OC(C)=O)c3)C(=O)O2)cc1. The monoisotopic (exact) mass is 421 g/mol. The first-order valence-corrected chi connectivity index (χ1v) is 9.98. The van der Waals surface area contributed by atoms with Crippen LogP contribution in [0.3, 0.4) is 0 Å². The van der Waals surface area contributed by atoms with E-state index in [2.05, 4.69) is 11.9 Å². The minimum atomic E-state index is -0.580. The smallest absolute Gasteiger partial charge is 0.363 e. The van der Waals surface area contributed by atoms with Crippen LogP contribution >= 0.6 is 0 Å². The molecule has 1 aliphatic heterocycles. The van der Waals surface area contributed by atoms with Crippen LogP contribution in [-0.4, -0.2) is 23.8 Å². The van der Waals surface area contributed by atoms with Gasteiger partial charge in [-0.1, -0.05) is 31.5 Å². The summed E-state index contributed by atoms with van der Waals surface area (Å²) in [6.45, 7) is 4.63. The minimum absolute atomic E-state index is 0.0651. The third-order valence-corrected chi connectivity index (χ3v) is 4.42. The van der Waals surface area contributed by atoms with Gasteiger partial charge < -0.3 is 14.2 Å². The molecule has 0 radical (unpaired) electrons. The van der Waals surface area contributed by atoms with Crippen molar-refractivity contribution in [1.29, 1.82) is 0 Å². The predicted molar refractivity (Wildman–Crippen MR) is 115 cm³/mol. The van der Waals surface area contributed by atoms with Crippen molar-refractivity contribution >= 4 is 29.9 Å². The number of aryl methyl sites for hydroxylation is 1. The van der Waals surface area contributed by atoms with Crippen molar-refractivity contribution in [1.82, 2.24) is 0 Å². The summed E-state index contributed by atoms with van der Waals surface area (Å²) in [5.74, 6) is -1.30. The standard InChI is InChI=1S/C24H23NO6/c1-4-5-6-17-7-10-19(11-8-17)23-25-20(24(28)31-23)13-18-9-12-21(29-15(2)26)22(14-18)30-16(3)27/h7-14H,4-6H2,1-3H3. The highest BCUT2D eigenvalue weighted by molar-refractivity contribution is 6.12. The summed E-state index contributed by atoms with van der Waals surface area (Å²) in [6.07, 6.45) is 4.76. The van der Waals surface area contributed by atoms with Crippen LogP contribution in [0.15, 0.2) is 53.2 Å². The summed E-state index contributed by atoms with van der Waals surface area (Å²) in [5.41, 5.74) is 2.57. The summed E-state index contributed by atoms with van der Waals surface area (Å²) < 4.78 is 15.5. The molecule has 160 valence electrons. The lowest BCUT2D eigenvalue weighted by Gasteiger charge is -2.09. The average molecular weight is 421 g/mol. The fourth-order valence-corrected chi connectivity index (χ4v) is 2.97. The Kier molecular flexibility index (Phi) is 6.97. The second-order valence-corrected chi connectivity index (χ2v) is 7.03. The molecular formula is C24H23NO6. The normalized spacial score (nSPS) is 14.2. The van der Waals surface area contributed by atoms with Crippen LogP contribution in [-0.2, 0) is 25.5 Å². The number of cyclic esters (lactones) is 1. The van der Waals surface area contributed by atoms with E-state index in [-0.39, 0.29) is 23.1 Å². The van der Waals surface area contributed by atoms with E-state index in [1.807, 2.05) is 24.3 Å². The Balaban J connectivity index is 1.85. The summed E-state index contributed by atoms with van der Waals surface area (Å²) in [5, 5.41) is 0. The molecule has 0 aliphatic carbocycles. The molecule has 2 aromatic rings. The van der Waals surface area contributed by atoms with Crippen molar-refractivity contribution in [2.45, 2.75) is 40.0 Å². The molecule has 7 heteroatoms. The van der Waals surface area contributed by atoms with Crippen molar-refractivity contribution in [3.8, 4) is 11.5 Å². The summed E-state index contributed by atoms with van der Waals surface area (Å²) >= 11 is 0. The van der Waals surface area contributed by atoms with Gasteiger partial charge in [-0.05, 0) is 54.3 Å². The van der Waals surface area contributed by atoms with Gasteiger partial charge in [0.25, 0.3) is 0 Å². The van der Waals surface area contributed by atoms with E-state index in [1.165, 1.54) is 37.6 Å². The van der Waals surface area contributed by atoms with Gasteiger partial charge in [0.15, 0.2) is 17.2 Å². The molecule has 0 spiro atoms. The first kappa shape index (κ1) is 22.0. The Hall–Kier alpha value is -3.74. The van der Waals surface area contributed by atoms with E-state index in [9.17, 15) is 14.4 Å². The third-order valence-electron chi connectivity index (χ3n) is 4.42. The Bertz CT molecular complexity index is 1070.